The molecule has 2 atom stereocenters. The maximum atomic E-state index is 13.0. The van der Waals surface area contributed by atoms with Crippen LogP contribution in [0.3, 0.4) is 0 Å². The van der Waals surface area contributed by atoms with Crippen molar-refractivity contribution in [2.75, 3.05) is 13.7 Å². The van der Waals surface area contributed by atoms with Crippen LogP contribution in [0.25, 0.3) is 0 Å². The van der Waals surface area contributed by atoms with Crippen LogP contribution in [-0.2, 0) is 46.5 Å². The number of hydrogen-bond donors (Lipinski definition) is 2. The summed E-state index contributed by atoms with van der Waals surface area (Å²) in [6.45, 7) is 4.97. The number of rotatable bonds is 13. The molecule has 10 heteroatoms. The van der Waals surface area contributed by atoms with Gasteiger partial charge in [-0.3, -0.25) is 9.59 Å². The van der Waals surface area contributed by atoms with E-state index in [9.17, 15) is 19.2 Å². The van der Waals surface area contributed by atoms with Gasteiger partial charge in [-0.15, -0.1) is 0 Å². The number of carbonyl (C=O) groups is 4. The van der Waals surface area contributed by atoms with Gasteiger partial charge in [-0.05, 0) is 38.3 Å². The summed E-state index contributed by atoms with van der Waals surface area (Å²) in [6.07, 6.45) is -1.03. The van der Waals surface area contributed by atoms with E-state index in [1.165, 1.54) is 7.11 Å². The van der Waals surface area contributed by atoms with Crippen molar-refractivity contribution in [2.45, 2.75) is 64.5 Å². The predicted octanol–water partition coefficient (Wildman–Crippen LogP) is 3.28. The van der Waals surface area contributed by atoms with Gasteiger partial charge in [0.15, 0.2) is 0 Å². The van der Waals surface area contributed by atoms with Crippen LogP contribution >= 0.6 is 0 Å². The fraction of sp³-hybridized carbons (Fsp3) is 0.429. The Labute approximate surface area is 223 Å². The summed E-state index contributed by atoms with van der Waals surface area (Å²) in [4.78, 5) is 50.4. The molecule has 2 rings (SSSR count). The number of benzene rings is 2. The normalized spacial score (nSPS) is 12.5. The van der Waals surface area contributed by atoms with Crippen molar-refractivity contribution in [3.05, 3.63) is 71.8 Å². The third-order valence-electron chi connectivity index (χ3n) is 5.05. The van der Waals surface area contributed by atoms with Crippen molar-refractivity contribution in [3.8, 4) is 0 Å². The largest absolute Gasteiger partial charge is 0.461 e. The van der Waals surface area contributed by atoms with Gasteiger partial charge in [0.05, 0.1) is 6.61 Å². The Morgan fingerprint density at radius 2 is 1.34 bits per heavy atom. The number of esters is 2. The Morgan fingerprint density at radius 3 is 1.87 bits per heavy atom. The number of carbonyl (C=O) groups excluding carboxylic acids is 4. The molecule has 10 nitrogen and oxygen atoms in total. The first-order valence-corrected chi connectivity index (χ1v) is 12.3. The third-order valence-corrected chi connectivity index (χ3v) is 5.05. The molecule has 206 valence electrons. The molecule has 0 saturated carbocycles. The molecule has 0 bridgehead atoms. The van der Waals surface area contributed by atoms with Crippen LogP contribution in [0.15, 0.2) is 60.7 Å². The van der Waals surface area contributed by atoms with Crippen LogP contribution in [0.5, 0.6) is 0 Å². The fourth-order valence-electron chi connectivity index (χ4n) is 3.22. The molecule has 38 heavy (non-hydrogen) atoms. The van der Waals surface area contributed by atoms with E-state index in [1.54, 1.807) is 32.9 Å². The molecule has 0 saturated heterocycles. The van der Waals surface area contributed by atoms with Crippen molar-refractivity contribution in [3.63, 3.8) is 0 Å². The van der Waals surface area contributed by atoms with Gasteiger partial charge in [-0.2, -0.15) is 0 Å². The van der Waals surface area contributed by atoms with E-state index in [4.69, 9.17) is 18.9 Å². The highest BCUT2D eigenvalue weighted by atomic mass is 16.6. The Morgan fingerprint density at radius 1 is 0.789 bits per heavy atom. The van der Waals surface area contributed by atoms with Crippen molar-refractivity contribution in [1.82, 2.24) is 10.6 Å². The van der Waals surface area contributed by atoms with Gasteiger partial charge < -0.3 is 29.6 Å². The minimum Gasteiger partial charge on any atom is -0.461 e. The molecule has 0 fully saturated rings. The van der Waals surface area contributed by atoms with Crippen LogP contribution in [0.1, 0.15) is 44.7 Å². The third kappa shape index (κ3) is 11.9. The minimum absolute atomic E-state index is 0.0118. The lowest BCUT2D eigenvalue weighted by Gasteiger charge is -2.24. The lowest BCUT2D eigenvalue weighted by atomic mass is 10.1. The van der Waals surface area contributed by atoms with Gasteiger partial charge >= 0.3 is 18.0 Å². The molecule has 2 N–H and O–H groups in total. The topological polar surface area (TPSA) is 129 Å². The lowest BCUT2D eigenvalue weighted by Crippen LogP contribution is -2.54. The summed E-state index contributed by atoms with van der Waals surface area (Å²) in [6, 6.07) is 15.9. The number of methoxy groups -OCH3 is 1. The second kappa shape index (κ2) is 15.4. The molecule has 2 aromatic carbocycles. The van der Waals surface area contributed by atoms with Gasteiger partial charge in [0.1, 0.15) is 30.9 Å². The van der Waals surface area contributed by atoms with Crippen molar-refractivity contribution in [2.24, 2.45) is 0 Å². The number of ether oxygens (including phenoxy) is 4. The number of hydrogen-bond acceptors (Lipinski definition) is 8. The Balaban J connectivity index is 2.03. The number of alkyl carbamates (subject to hydrolysis) is 1. The van der Waals surface area contributed by atoms with Crippen molar-refractivity contribution in [1.29, 1.82) is 0 Å². The standard InChI is InChI=1S/C28H36N2O8/c1-28(2,3)38-27(34)30-23(19-35-4)25(32)29-22(26(33)37-18-21-13-9-6-10-14-21)15-16-24(31)36-17-20-11-7-5-8-12-20/h5-14,22-23H,15-19H2,1-4H3,(H,29,32)(H,30,34)/t22-,23-/m0/s1. The van der Waals surface area contributed by atoms with Crippen molar-refractivity contribution >= 4 is 23.9 Å². The number of nitrogens with one attached hydrogen (secondary N) is 2. The monoisotopic (exact) mass is 528 g/mol. The van der Waals surface area contributed by atoms with Gasteiger partial charge in [-0.25, -0.2) is 9.59 Å². The Kier molecular flexibility index (Phi) is 12.2. The first-order chi connectivity index (χ1) is 18.1. The second-order valence-electron chi connectivity index (χ2n) is 9.49. The zero-order valence-corrected chi connectivity index (χ0v) is 22.2. The van der Waals surface area contributed by atoms with Crippen molar-refractivity contribution < 1.29 is 38.1 Å². The fourth-order valence-corrected chi connectivity index (χ4v) is 3.22. The van der Waals surface area contributed by atoms with E-state index in [0.29, 0.717) is 0 Å². The molecule has 0 aromatic heterocycles. The summed E-state index contributed by atoms with van der Waals surface area (Å²) < 4.78 is 20.9. The molecule has 0 aliphatic heterocycles. The summed E-state index contributed by atoms with van der Waals surface area (Å²) >= 11 is 0. The molecular weight excluding hydrogens is 492 g/mol. The average Bonchev–Trinajstić information content (AvgIpc) is 2.88. The maximum Gasteiger partial charge on any atom is 0.408 e. The highest BCUT2D eigenvalue weighted by Crippen LogP contribution is 2.10. The zero-order valence-electron chi connectivity index (χ0n) is 22.2. The van der Waals surface area contributed by atoms with Gasteiger partial charge in [-0.1, -0.05) is 60.7 Å². The van der Waals surface area contributed by atoms with Crippen LogP contribution in [0.4, 0.5) is 4.79 Å². The molecular formula is C28H36N2O8. The van der Waals surface area contributed by atoms with E-state index in [1.807, 2.05) is 48.5 Å². The van der Waals surface area contributed by atoms with Crippen LogP contribution in [0.2, 0.25) is 0 Å². The van der Waals surface area contributed by atoms with Crippen LogP contribution < -0.4 is 10.6 Å². The van der Waals surface area contributed by atoms with Crippen LogP contribution in [0, 0.1) is 0 Å². The molecule has 2 amide bonds. The Bertz CT molecular complexity index is 1040. The summed E-state index contributed by atoms with van der Waals surface area (Å²) in [5.41, 5.74) is 0.808. The second-order valence-corrected chi connectivity index (χ2v) is 9.49. The smallest absolute Gasteiger partial charge is 0.408 e. The highest BCUT2D eigenvalue weighted by molar-refractivity contribution is 5.90. The van der Waals surface area contributed by atoms with E-state index in [0.717, 1.165) is 11.1 Å². The minimum atomic E-state index is -1.17. The lowest BCUT2D eigenvalue weighted by molar-refractivity contribution is -0.151. The van der Waals surface area contributed by atoms with E-state index in [-0.39, 0.29) is 32.7 Å². The molecule has 0 radical (unpaired) electrons. The average molecular weight is 529 g/mol. The first-order valence-electron chi connectivity index (χ1n) is 12.3. The van der Waals surface area contributed by atoms with E-state index >= 15 is 0 Å². The molecule has 2 aromatic rings. The molecule has 0 aliphatic carbocycles. The number of amides is 2. The quantitative estimate of drug-likeness (QED) is 0.299. The SMILES string of the molecule is COC[C@H](NC(=O)OC(C)(C)C)C(=O)N[C@@H](CCC(=O)OCc1ccccc1)C(=O)OCc1ccccc1. The molecule has 0 heterocycles. The molecule has 0 aliphatic rings. The van der Waals surface area contributed by atoms with Crippen LogP contribution in [-0.4, -0.2) is 55.3 Å². The zero-order chi connectivity index (χ0) is 28.0. The Hall–Kier alpha value is -3.92. The van der Waals surface area contributed by atoms with E-state index < -0.39 is 41.6 Å². The van der Waals surface area contributed by atoms with E-state index in [2.05, 4.69) is 10.6 Å². The van der Waals surface area contributed by atoms with Gasteiger partial charge in [0, 0.05) is 13.5 Å². The van der Waals surface area contributed by atoms with Gasteiger partial charge in [0.25, 0.3) is 0 Å². The highest BCUT2D eigenvalue weighted by Gasteiger charge is 2.29. The van der Waals surface area contributed by atoms with Gasteiger partial charge in [0.2, 0.25) is 5.91 Å². The maximum absolute atomic E-state index is 13.0. The summed E-state index contributed by atoms with van der Waals surface area (Å²) in [5.74, 6) is -1.96. The predicted molar refractivity (Wildman–Crippen MR) is 139 cm³/mol. The molecule has 0 spiro atoms. The first kappa shape index (κ1) is 30.3. The summed E-state index contributed by atoms with van der Waals surface area (Å²) in [5, 5.41) is 5.00. The summed E-state index contributed by atoms with van der Waals surface area (Å²) in [7, 11) is 1.37. The molecule has 0 unspecified atom stereocenters.